The van der Waals surface area contributed by atoms with Crippen LogP contribution in [-0.4, -0.2) is 28.4 Å². The summed E-state index contributed by atoms with van der Waals surface area (Å²) in [6, 6.07) is 13.6. The second-order valence-electron chi connectivity index (χ2n) is 6.85. The molecule has 8 heteroatoms. The number of benzene rings is 2. The lowest BCUT2D eigenvalue weighted by Crippen LogP contribution is -2.11. The van der Waals surface area contributed by atoms with Crippen molar-refractivity contribution in [3.63, 3.8) is 0 Å². The molecule has 2 heterocycles. The third-order valence-electron chi connectivity index (χ3n) is 5.02. The summed E-state index contributed by atoms with van der Waals surface area (Å²) in [6.07, 6.45) is -0.177. The molecule has 4 aromatic rings. The van der Waals surface area contributed by atoms with Crippen molar-refractivity contribution in [2.24, 2.45) is 0 Å². The molecule has 2 aromatic carbocycles. The quantitative estimate of drug-likeness (QED) is 0.313. The summed E-state index contributed by atoms with van der Waals surface area (Å²) in [5.74, 6) is -3.43. The summed E-state index contributed by atoms with van der Waals surface area (Å²) in [5, 5.41) is 33.0. The summed E-state index contributed by atoms with van der Waals surface area (Å²) in [6.45, 7) is 0. The molecule has 7 nitrogen and oxygen atoms in total. The molecule has 0 saturated heterocycles. The summed E-state index contributed by atoms with van der Waals surface area (Å²) < 4.78 is 10.8. The number of fused-ring (bicyclic) bond motifs is 1. The van der Waals surface area contributed by atoms with Crippen LogP contribution in [0.4, 0.5) is 0 Å². The van der Waals surface area contributed by atoms with E-state index in [4.69, 9.17) is 9.15 Å². The third-order valence-corrected chi connectivity index (χ3v) is 6.01. The van der Waals surface area contributed by atoms with E-state index < -0.39 is 34.6 Å². The molecule has 0 fully saturated rings. The van der Waals surface area contributed by atoms with Gasteiger partial charge in [0, 0.05) is 22.4 Å². The van der Waals surface area contributed by atoms with Crippen LogP contribution in [0.25, 0.3) is 22.3 Å². The average molecular weight is 438 g/mol. The fraction of sp³-hybridized carbons (Fsp3) is 0.130. The summed E-state index contributed by atoms with van der Waals surface area (Å²) in [7, 11) is 1.24. The number of rotatable bonds is 5. The number of esters is 1. The van der Waals surface area contributed by atoms with Gasteiger partial charge in [-0.1, -0.05) is 36.4 Å². The molecule has 3 N–H and O–H groups in total. The third kappa shape index (κ3) is 3.62. The molecule has 1 atom stereocenters. The minimum absolute atomic E-state index is 0.0213. The Balaban J connectivity index is 2.08. The molecule has 0 spiro atoms. The van der Waals surface area contributed by atoms with Crippen LogP contribution in [0.2, 0.25) is 0 Å². The largest absolute Gasteiger partial charge is 0.504 e. The zero-order valence-corrected chi connectivity index (χ0v) is 17.2. The van der Waals surface area contributed by atoms with E-state index in [1.54, 1.807) is 41.8 Å². The monoisotopic (exact) mass is 438 g/mol. The number of ether oxygens (including phenoxy) is 1. The van der Waals surface area contributed by atoms with E-state index in [9.17, 15) is 24.9 Å². The first-order valence-electron chi connectivity index (χ1n) is 9.32. The number of aromatic hydroxyl groups is 3. The van der Waals surface area contributed by atoms with E-state index in [2.05, 4.69) is 0 Å². The van der Waals surface area contributed by atoms with Crippen molar-refractivity contribution in [2.45, 2.75) is 12.3 Å². The number of hydrogen-bond donors (Lipinski definition) is 3. The Morgan fingerprint density at radius 2 is 1.81 bits per heavy atom. The van der Waals surface area contributed by atoms with Crippen LogP contribution in [0.3, 0.4) is 0 Å². The molecule has 0 bridgehead atoms. The highest BCUT2D eigenvalue weighted by atomic mass is 32.1. The van der Waals surface area contributed by atoms with Crippen molar-refractivity contribution >= 4 is 28.3 Å². The zero-order chi connectivity index (χ0) is 22.1. The maximum atomic E-state index is 12.9. The number of phenolic OH excluding ortho intramolecular Hbond substituents is 3. The van der Waals surface area contributed by atoms with Gasteiger partial charge >= 0.3 is 5.97 Å². The van der Waals surface area contributed by atoms with Crippen molar-refractivity contribution in [1.29, 1.82) is 0 Å². The van der Waals surface area contributed by atoms with Gasteiger partial charge in [0.15, 0.2) is 16.9 Å². The highest BCUT2D eigenvalue weighted by molar-refractivity contribution is 7.10. The van der Waals surface area contributed by atoms with Gasteiger partial charge in [0.2, 0.25) is 5.75 Å². The van der Waals surface area contributed by atoms with E-state index in [1.807, 2.05) is 6.07 Å². The van der Waals surface area contributed by atoms with Crippen LogP contribution in [0, 0.1) is 0 Å². The summed E-state index contributed by atoms with van der Waals surface area (Å²) in [4.78, 5) is 25.7. The Labute approximate surface area is 180 Å². The molecule has 158 valence electrons. The van der Waals surface area contributed by atoms with Gasteiger partial charge in [0.05, 0.1) is 19.1 Å². The first-order chi connectivity index (χ1) is 14.9. The van der Waals surface area contributed by atoms with Gasteiger partial charge in [-0.25, -0.2) is 0 Å². The highest BCUT2D eigenvalue weighted by Gasteiger charge is 2.31. The molecule has 31 heavy (non-hydrogen) atoms. The maximum absolute atomic E-state index is 12.9. The van der Waals surface area contributed by atoms with Gasteiger partial charge in [-0.2, -0.15) is 0 Å². The first-order valence-corrected chi connectivity index (χ1v) is 10.2. The van der Waals surface area contributed by atoms with Gasteiger partial charge in [0.1, 0.15) is 16.7 Å². The molecule has 0 amide bonds. The van der Waals surface area contributed by atoms with Gasteiger partial charge in [-0.05, 0) is 11.4 Å². The predicted molar refractivity (Wildman–Crippen MR) is 116 cm³/mol. The minimum Gasteiger partial charge on any atom is -0.504 e. The van der Waals surface area contributed by atoms with Gasteiger partial charge in [0.25, 0.3) is 0 Å². The Kier molecular flexibility index (Phi) is 5.39. The van der Waals surface area contributed by atoms with E-state index in [0.717, 1.165) is 0 Å². The molecule has 2 aromatic heterocycles. The predicted octanol–water partition coefficient (Wildman–Crippen LogP) is 4.33. The van der Waals surface area contributed by atoms with Crippen molar-refractivity contribution in [2.75, 3.05) is 7.11 Å². The van der Waals surface area contributed by atoms with E-state index in [0.29, 0.717) is 10.4 Å². The number of carbonyl (C=O) groups is 1. The molecule has 4 rings (SSSR count). The zero-order valence-electron chi connectivity index (χ0n) is 16.4. The lowest BCUT2D eigenvalue weighted by molar-refractivity contribution is -0.140. The molecule has 0 aliphatic carbocycles. The SMILES string of the molecule is COC(=O)CC(c1cccs1)c1c(O)c(O)c(O)c2c(=O)cc(-c3ccccc3)oc12. The van der Waals surface area contributed by atoms with E-state index in [-0.39, 0.29) is 28.7 Å². The van der Waals surface area contributed by atoms with Gasteiger partial charge in [-0.3, -0.25) is 9.59 Å². The van der Waals surface area contributed by atoms with Crippen LogP contribution in [-0.2, 0) is 9.53 Å². The molecule has 0 radical (unpaired) electrons. The van der Waals surface area contributed by atoms with Crippen molar-refractivity contribution in [3.8, 4) is 28.6 Å². The van der Waals surface area contributed by atoms with Gasteiger partial charge in [-0.15, -0.1) is 11.3 Å². The Morgan fingerprint density at radius 3 is 2.45 bits per heavy atom. The average Bonchev–Trinajstić information content (AvgIpc) is 3.31. The Hall–Kier alpha value is -3.78. The highest BCUT2D eigenvalue weighted by Crippen LogP contribution is 2.49. The van der Waals surface area contributed by atoms with Crippen LogP contribution in [0.15, 0.2) is 63.1 Å². The number of carbonyl (C=O) groups excluding carboxylic acids is 1. The summed E-state index contributed by atoms with van der Waals surface area (Å²) in [5.41, 5.74) is -0.0771. The van der Waals surface area contributed by atoms with Crippen molar-refractivity contribution < 1.29 is 29.3 Å². The maximum Gasteiger partial charge on any atom is 0.306 e. The lowest BCUT2D eigenvalue weighted by atomic mass is 9.90. The van der Waals surface area contributed by atoms with E-state index in [1.165, 1.54) is 24.5 Å². The lowest BCUT2D eigenvalue weighted by Gasteiger charge is -2.19. The van der Waals surface area contributed by atoms with Gasteiger partial charge < -0.3 is 24.5 Å². The fourth-order valence-electron chi connectivity index (χ4n) is 3.53. The second-order valence-corrected chi connectivity index (χ2v) is 7.83. The van der Waals surface area contributed by atoms with Crippen LogP contribution in [0.5, 0.6) is 17.2 Å². The minimum atomic E-state index is -0.853. The van der Waals surface area contributed by atoms with Crippen molar-refractivity contribution in [3.05, 3.63) is 74.6 Å². The standard InChI is InChI=1S/C23H18O7S/c1-29-17(25)10-13(16-8-5-9-31-16)18-20(26)22(28)21(27)19-14(24)11-15(30-23(18)19)12-6-3-2-4-7-12/h2-9,11,13,26-28H,10H2,1H3. The topological polar surface area (TPSA) is 117 Å². The van der Waals surface area contributed by atoms with E-state index >= 15 is 0 Å². The number of phenols is 3. The summed E-state index contributed by atoms with van der Waals surface area (Å²) >= 11 is 1.33. The van der Waals surface area contributed by atoms with Crippen LogP contribution in [0.1, 0.15) is 22.8 Å². The number of thiophene rings is 1. The molecule has 1 unspecified atom stereocenters. The molecule has 0 saturated carbocycles. The number of methoxy groups -OCH3 is 1. The molecular formula is C23H18O7S. The fourth-order valence-corrected chi connectivity index (χ4v) is 4.36. The van der Waals surface area contributed by atoms with Crippen LogP contribution >= 0.6 is 11.3 Å². The molecular weight excluding hydrogens is 420 g/mol. The number of hydrogen-bond acceptors (Lipinski definition) is 8. The van der Waals surface area contributed by atoms with Crippen LogP contribution < -0.4 is 5.43 Å². The molecule has 0 aliphatic rings. The molecule has 0 aliphatic heterocycles. The Bertz CT molecular complexity index is 1310. The smallest absolute Gasteiger partial charge is 0.306 e. The van der Waals surface area contributed by atoms with Crippen molar-refractivity contribution in [1.82, 2.24) is 0 Å². The first kappa shape index (κ1) is 20.5. The Morgan fingerprint density at radius 1 is 1.06 bits per heavy atom. The second kappa shape index (κ2) is 8.16. The normalized spacial score (nSPS) is 12.0.